The maximum atomic E-state index is 14.0. The Bertz CT molecular complexity index is 668. The second-order valence-electron chi connectivity index (χ2n) is 3.87. The standard InChI is InChI=1S/C14H10FN3O/c15-13-8-11(19-12-2-1-5-16-9-12)3-4-14(13)18-7-6-17-10-18/h1-10H. The molecule has 0 N–H and O–H groups in total. The largest absolute Gasteiger partial charge is 0.456 e. The molecule has 2 heterocycles. The van der Waals surface area contributed by atoms with Gasteiger partial charge in [0.05, 0.1) is 18.2 Å². The van der Waals surface area contributed by atoms with Crippen molar-refractivity contribution in [3.05, 3.63) is 67.3 Å². The van der Waals surface area contributed by atoms with Crippen LogP contribution in [-0.2, 0) is 0 Å². The minimum Gasteiger partial charge on any atom is -0.456 e. The predicted octanol–water partition coefficient (Wildman–Crippen LogP) is 3.20. The van der Waals surface area contributed by atoms with Crippen LogP contribution in [0.15, 0.2) is 61.4 Å². The summed E-state index contributed by atoms with van der Waals surface area (Å²) in [6, 6.07) is 8.19. The van der Waals surface area contributed by atoms with Crippen LogP contribution in [0.5, 0.6) is 11.5 Å². The predicted molar refractivity (Wildman–Crippen MR) is 67.8 cm³/mol. The highest BCUT2D eigenvalue weighted by Crippen LogP contribution is 2.24. The lowest BCUT2D eigenvalue weighted by Crippen LogP contribution is -1.95. The van der Waals surface area contributed by atoms with Gasteiger partial charge in [-0.15, -0.1) is 0 Å². The van der Waals surface area contributed by atoms with Crippen molar-refractivity contribution in [1.29, 1.82) is 0 Å². The number of hydrogen-bond donors (Lipinski definition) is 0. The summed E-state index contributed by atoms with van der Waals surface area (Å²) in [6.45, 7) is 0. The van der Waals surface area contributed by atoms with E-state index in [1.807, 2.05) is 0 Å². The minimum absolute atomic E-state index is 0.376. The summed E-state index contributed by atoms with van der Waals surface area (Å²) in [5, 5.41) is 0. The Kier molecular flexibility index (Phi) is 2.94. The molecule has 3 aromatic rings. The summed E-state index contributed by atoms with van der Waals surface area (Å²) >= 11 is 0. The van der Waals surface area contributed by atoms with Gasteiger partial charge in [-0.25, -0.2) is 9.37 Å². The van der Waals surface area contributed by atoms with Crippen LogP contribution >= 0.6 is 0 Å². The van der Waals surface area contributed by atoms with Crippen molar-refractivity contribution in [2.45, 2.75) is 0 Å². The third kappa shape index (κ3) is 2.44. The molecule has 0 atom stereocenters. The third-order valence-electron chi connectivity index (χ3n) is 2.57. The van der Waals surface area contributed by atoms with Gasteiger partial charge in [0.25, 0.3) is 0 Å². The van der Waals surface area contributed by atoms with E-state index in [-0.39, 0.29) is 5.82 Å². The van der Waals surface area contributed by atoms with Crippen molar-refractivity contribution in [2.75, 3.05) is 0 Å². The van der Waals surface area contributed by atoms with Gasteiger partial charge in [-0.3, -0.25) is 4.98 Å². The number of halogens is 1. The third-order valence-corrected chi connectivity index (χ3v) is 2.57. The van der Waals surface area contributed by atoms with Crippen molar-refractivity contribution in [1.82, 2.24) is 14.5 Å². The van der Waals surface area contributed by atoms with E-state index in [9.17, 15) is 4.39 Å². The van der Waals surface area contributed by atoms with Crippen molar-refractivity contribution in [2.24, 2.45) is 0 Å². The number of ether oxygens (including phenoxy) is 1. The van der Waals surface area contributed by atoms with E-state index in [0.29, 0.717) is 17.2 Å². The lowest BCUT2D eigenvalue weighted by atomic mass is 10.3. The second-order valence-corrected chi connectivity index (χ2v) is 3.87. The quantitative estimate of drug-likeness (QED) is 0.721. The zero-order chi connectivity index (χ0) is 13.1. The molecule has 0 spiro atoms. The molecule has 1 aromatic carbocycles. The Balaban J connectivity index is 1.88. The molecule has 0 saturated heterocycles. The second kappa shape index (κ2) is 4.89. The van der Waals surface area contributed by atoms with Crippen LogP contribution < -0.4 is 4.74 Å². The van der Waals surface area contributed by atoms with E-state index < -0.39 is 0 Å². The Morgan fingerprint density at radius 2 is 2.00 bits per heavy atom. The molecule has 19 heavy (non-hydrogen) atoms. The van der Waals surface area contributed by atoms with Gasteiger partial charge in [-0.1, -0.05) is 0 Å². The SMILES string of the molecule is Fc1cc(Oc2cccnc2)ccc1-n1ccnc1. The summed E-state index contributed by atoms with van der Waals surface area (Å²) in [4.78, 5) is 7.82. The van der Waals surface area contributed by atoms with Crippen LogP contribution in [-0.4, -0.2) is 14.5 Å². The van der Waals surface area contributed by atoms with E-state index in [2.05, 4.69) is 9.97 Å². The Morgan fingerprint density at radius 1 is 1.05 bits per heavy atom. The molecule has 0 bridgehead atoms. The minimum atomic E-state index is -0.376. The number of benzene rings is 1. The topological polar surface area (TPSA) is 39.9 Å². The summed E-state index contributed by atoms with van der Waals surface area (Å²) in [5.41, 5.74) is 0.427. The molecule has 0 amide bonds. The van der Waals surface area contributed by atoms with Crippen LogP contribution in [0.4, 0.5) is 4.39 Å². The fourth-order valence-corrected chi connectivity index (χ4v) is 1.71. The molecule has 0 aliphatic heterocycles. The zero-order valence-electron chi connectivity index (χ0n) is 9.90. The maximum absolute atomic E-state index is 14.0. The number of nitrogens with zero attached hydrogens (tertiary/aromatic N) is 3. The average molecular weight is 255 g/mol. The normalized spacial score (nSPS) is 10.4. The fraction of sp³-hybridized carbons (Fsp3) is 0. The lowest BCUT2D eigenvalue weighted by molar-refractivity contribution is 0.474. The van der Waals surface area contributed by atoms with Crippen molar-refractivity contribution >= 4 is 0 Å². The summed E-state index contributed by atoms with van der Waals surface area (Å²) in [6.07, 6.45) is 8.04. The summed E-state index contributed by atoms with van der Waals surface area (Å²) in [7, 11) is 0. The van der Waals surface area contributed by atoms with E-state index in [1.165, 1.54) is 6.07 Å². The Morgan fingerprint density at radius 3 is 2.68 bits per heavy atom. The molecule has 3 rings (SSSR count). The smallest absolute Gasteiger partial charge is 0.150 e. The van der Waals surface area contributed by atoms with Crippen molar-refractivity contribution in [3.63, 3.8) is 0 Å². The molecule has 0 fully saturated rings. The number of rotatable bonds is 3. The molecule has 4 nitrogen and oxygen atoms in total. The fourth-order valence-electron chi connectivity index (χ4n) is 1.71. The van der Waals surface area contributed by atoms with Gasteiger partial charge in [-0.2, -0.15) is 0 Å². The summed E-state index contributed by atoms with van der Waals surface area (Å²) < 4.78 is 21.1. The van der Waals surface area contributed by atoms with E-state index in [4.69, 9.17) is 4.74 Å². The van der Waals surface area contributed by atoms with Crippen molar-refractivity contribution < 1.29 is 9.13 Å². The highest BCUT2D eigenvalue weighted by atomic mass is 19.1. The van der Waals surface area contributed by atoms with Crippen LogP contribution in [0, 0.1) is 5.82 Å². The first kappa shape index (κ1) is 11.4. The molecule has 5 heteroatoms. The molecular formula is C14H10FN3O. The number of hydrogen-bond acceptors (Lipinski definition) is 3. The number of aromatic nitrogens is 3. The first-order valence-corrected chi connectivity index (χ1v) is 5.69. The Labute approximate surface area is 109 Å². The number of pyridine rings is 1. The van der Waals surface area contributed by atoms with Crippen LogP contribution in [0.1, 0.15) is 0 Å². The van der Waals surface area contributed by atoms with Gasteiger partial charge in [0, 0.05) is 24.7 Å². The zero-order valence-corrected chi connectivity index (χ0v) is 9.90. The lowest BCUT2D eigenvalue weighted by Gasteiger charge is -2.08. The highest BCUT2D eigenvalue weighted by molar-refractivity contribution is 5.40. The molecule has 2 aromatic heterocycles. The molecule has 0 aliphatic carbocycles. The van der Waals surface area contributed by atoms with Gasteiger partial charge in [0.15, 0.2) is 5.82 Å². The first-order chi connectivity index (χ1) is 9.33. The summed E-state index contributed by atoms with van der Waals surface area (Å²) in [5.74, 6) is 0.617. The van der Waals surface area contributed by atoms with Gasteiger partial charge in [0.2, 0.25) is 0 Å². The monoisotopic (exact) mass is 255 g/mol. The molecule has 0 unspecified atom stereocenters. The maximum Gasteiger partial charge on any atom is 0.150 e. The first-order valence-electron chi connectivity index (χ1n) is 5.69. The van der Waals surface area contributed by atoms with Crippen LogP contribution in [0.2, 0.25) is 0 Å². The van der Waals surface area contributed by atoms with Gasteiger partial charge in [0.1, 0.15) is 11.5 Å². The average Bonchev–Trinajstić information content (AvgIpc) is 2.94. The van der Waals surface area contributed by atoms with Gasteiger partial charge in [-0.05, 0) is 24.3 Å². The molecule has 0 aliphatic rings. The van der Waals surface area contributed by atoms with Crippen LogP contribution in [0.25, 0.3) is 5.69 Å². The molecule has 0 saturated carbocycles. The molecule has 94 valence electrons. The van der Waals surface area contributed by atoms with E-state index in [1.54, 1.807) is 59.9 Å². The number of imidazole rings is 1. The van der Waals surface area contributed by atoms with E-state index >= 15 is 0 Å². The Hall–Kier alpha value is -2.69. The van der Waals surface area contributed by atoms with Gasteiger partial charge < -0.3 is 9.30 Å². The van der Waals surface area contributed by atoms with Crippen LogP contribution in [0.3, 0.4) is 0 Å². The molecular weight excluding hydrogens is 245 g/mol. The highest BCUT2D eigenvalue weighted by Gasteiger charge is 2.06. The van der Waals surface area contributed by atoms with Gasteiger partial charge >= 0.3 is 0 Å². The van der Waals surface area contributed by atoms with Crippen molar-refractivity contribution in [3.8, 4) is 17.2 Å². The van der Waals surface area contributed by atoms with E-state index in [0.717, 1.165) is 0 Å². The molecule has 0 radical (unpaired) electrons.